The second-order valence-corrected chi connectivity index (χ2v) is 8.06. The van der Waals surface area contributed by atoms with Gasteiger partial charge in [-0.2, -0.15) is 4.98 Å². The Labute approximate surface area is 187 Å². The second-order valence-electron chi connectivity index (χ2n) is 8.06. The van der Waals surface area contributed by atoms with Gasteiger partial charge in [0, 0.05) is 75.1 Å². The van der Waals surface area contributed by atoms with Crippen molar-refractivity contribution in [2.24, 2.45) is 0 Å². The van der Waals surface area contributed by atoms with Gasteiger partial charge in [-0.25, -0.2) is 0 Å². The molecule has 2 aliphatic heterocycles. The summed E-state index contributed by atoms with van der Waals surface area (Å²) in [4.78, 5) is 33.9. The monoisotopic (exact) mass is 439 g/mol. The standard InChI is InChI=1S/C22H29N7O3/c1-3-19(30)27-7-9-28(10-8-27)22-25-21(26-32-22)15-5-6-16(12-23)18(11-15)24-17-13-29(14-17)20(31)4-2/h5-6,11-12,17,23-24H,3-4,7-10,13-14H2,1-2H3. The molecular formula is C22H29N7O3. The number of carbonyl (C=O) groups is 2. The Morgan fingerprint density at radius 3 is 2.47 bits per heavy atom. The lowest BCUT2D eigenvalue weighted by Gasteiger charge is -2.40. The normalized spacial score (nSPS) is 16.6. The molecule has 0 atom stereocenters. The van der Waals surface area contributed by atoms with Crippen molar-refractivity contribution in [2.45, 2.75) is 32.7 Å². The largest absolute Gasteiger partial charge is 0.378 e. The molecule has 170 valence electrons. The molecule has 0 saturated carbocycles. The van der Waals surface area contributed by atoms with Crippen LogP contribution in [0, 0.1) is 5.41 Å². The van der Waals surface area contributed by atoms with Gasteiger partial charge in [-0.15, -0.1) is 0 Å². The summed E-state index contributed by atoms with van der Waals surface area (Å²) in [5.74, 6) is 0.794. The zero-order valence-corrected chi connectivity index (χ0v) is 18.5. The summed E-state index contributed by atoms with van der Waals surface area (Å²) >= 11 is 0. The van der Waals surface area contributed by atoms with Crippen LogP contribution in [0.2, 0.25) is 0 Å². The van der Waals surface area contributed by atoms with Crippen LogP contribution in [0.5, 0.6) is 0 Å². The highest BCUT2D eigenvalue weighted by Crippen LogP contribution is 2.27. The molecule has 0 radical (unpaired) electrons. The smallest absolute Gasteiger partial charge is 0.324 e. The minimum Gasteiger partial charge on any atom is -0.378 e. The van der Waals surface area contributed by atoms with E-state index in [0.29, 0.717) is 63.9 Å². The Hall–Kier alpha value is -3.43. The van der Waals surface area contributed by atoms with E-state index in [1.54, 1.807) is 0 Å². The fraction of sp³-hybridized carbons (Fsp3) is 0.500. The number of aromatic nitrogens is 2. The van der Waals surface area contributed by atoms with Crippen molar-refractivity contribution < 1.29 is 14.1 Å². The van der Waals surface area contributed by atoms with E-state index in [9.17, 15) is 9.59 Å². The van der Waals surface area contributed by atoms with Gasteiger partial charge in [0.05, 0.1) is 6.04 Å². The van der Waals surface area contributed by atoms with Gasteiger partial charge in [-0.05, 0) is 6.07 Å². The van der Waals surface area contributed by atoms with Crippen LogP contribution in [-0.4, -0.2) is 83.3 Å². The highest BCUT2D eigenvalue weighted by molar-refractivity contribution is 5.88. The summed E-state index contributed by atoms with van der Waals surface area (Å²) in [6, 6.07) is 6.23. The molecule has 2 saturated heterocycles. The Bertz CT molecular complexity index is 991. The highest BCUT2D eigenvalue weighted by atomic mass is 16.5. The van der Waals surface area contributed by atoms with E-state index in [0.717, 1.165) is 16.8 Å². The molecule has 0 unspecified atom stereocenters. The predicted molar refractivity (Wildman–Crippen MR) is 121 cm³/mol. The third-order valence-corrected chi connectivity index (χ3v) is 5.98. The number of rotatable bonds is 7. The van der Waals surface area contributed by atoms with E-state index < -0.39 is 0 Å². The van der Waals surface area contributed by atoms with Crippen molar-refractivity contribution in [3.63, 3.8) is 0 Å². The van der Waals surface area contributed by atoms with Crippen LogP contribution in [0.3, 0.4) is 0 Å². The van der Waals surface area contributed by atoms with Crippen LogP contribution in [0.15, 0.2) is 22.7 Å². The lowest BCUT2D eigenvalue weighted by atomic mass is 10.0. The van der Waals surface area contributed by atoms with Crippen LogP contribution >= 0.6 is 0 Å². The molecule has 0 spiro atoms. The number of nitrogens with zero attached hydrogens (tertiary/aromatic N) is 5. The minimum atomic E-state index is 0.155. The summed E-state index contributed by atoms with van der Waals surface area (Å²) in [5.41, 5.74) is 2.35. The topological polar surface area (TPSA) is 119 Å². The van der Waals surface area contributed by atoms with Gasteiger partial charge in [0.25, 0.3) is 0 Å². The average molecular weight is 440 g/mol. The zero-order valence-electron chi connectivity index (χ0n) is 18.5. The lowest BCUT2D eigenvalue weighted by molar-refractivity contribution is -0.134. The molecule has 4 rings (SSSR count). The molecule has 2 aromatic rings. The first-order valence-electron chi connectivity index (χ1n) is 11.1. The van der Waals surface area contributed by atoms with Crippen molar-refractivity contribution >= 4 is 29.7 Å². The van der Waals surface area contributed by atoms with Crippen molar-refractivity contribution in [3.8, 4) is 11.4 Å². The van der Waals surface area contributed by atoms with Gasteiger partial charge in [-0.3, -0.25) is 9.59 Å². The third kappa shape index (κ3) is 4.44. The van der Waals surface area contributed by atoms with E-state index in [1.165, 1.54) is 6.21 Å². The summed E-state index contributed by atoms with van der Waals surface area (Å²) in [6.07, 6.45) is 2.33. The van der Waals surface area contributed by atoms with Crippen molar-refractivity contribution in [1.82, 2.24) is 19.9 Å². The molecule has 10 heteroatoms. The van der Waals surface area contributed by atoms with Gasteiger partial charge in [0.15, 0.2) is 0 Å². The molecule has 1 aromatic carbocycles. The molecule has 32 heavy (non-hydrogen) atoms. The minimum absolute atomic E-state index is 0.155. The number of amides is 2. The van der Waals surface area contributed by atoms with Crippen LogP contribution in [0.1, 0.15) is 32.3 Å². The lowest BCUT2D eigenvalue weighted by Crippen LogP contribution is -2.56. The average Bonchev–Trinajstić information content (AvgIpc) is 3.30. The molecule has 1 aromatic heterocycles. The van der Waals surface area contributed by atoms with E-state index in [2.05, 4.69) is 15.5 Å². The van der Waals surface area contributed by atoms with Gasteiger partial charge in [0.2, 0.25) is 17.6 Å². The van der Waals surface area contributed by atoms with Crippen LogP contribution < -0.4 is 10.2 Å². The maximum Gasteiger partial charge on any atom is 0.324 e. The fourth-order valence-corrected chi connectivity index (χ4v) is 4.00. The summed E-state index contributed by atoms with van der Waals surface area (Å²) < 4.78 is 5.50. The van der Waals surface area contributed by atoms with Gasteiger partial charge in [-0.1, -0.05) is 31.1 Å². The molecule has 2 fully saturated rings. The molecule has 2 N–H and O–H groups in total. The number of hydrogen-bond donors (Lipinski definition) is 2. The van der Waals surface area contributed by atoms with Crippen LogP contribution in [0.4, 0.5) is 11.7 Å². The van der Waals surface area contributed by atoms with E-state index >= 15 is 0 Å². The van der Waals surface area contributed by atoms with E-state index in [1.807, 2.05) is 46.7 Å². The summed E-state index contributed by atoms with van der Waals surface area (Å²) in [6.45, 7) is 7.65. The first-order valence-corrected chi connectivity index (χ1v) is 11.1. The van der Waals surface area contributed by atoms with Crippen LogP contribution in [0.25, 0.3) is 11.4 Å². The van der Waals surface area contributed by atoms with E-state index in [-0.39, 0.29) is 17.9 Å². The number of piperazine rings is 1. The number of benzene rings is 1. The van der Waals surface area contributed by atoms with Gasteiger partial charge >= 0.3 is 6.01 Å². The van der Waals surface area contributed by atoms with Crippen LogP contribution in [-0.2, 0) is 9.59 Å². The molecular weight excluding hydrogens is 410 g/mol. The zero-order chi connectivity index (χ0) is 22.7. The number of hydrogen-bond acceptors (Lipinski definition) is 8. The van der Waals surface area contributed by atoms with Crippen molar-refractivity contribution in [2.75, 3.05) is 49.5 Å². The van der Waals surface area contributed by atoms with E-state index in [4.69, 9.17) is 9.93 Å². The predicted octanol–water partition coefficient (Wildman–Crippen LogP) is 1.83. The molecule has 10 nitrogen and oxygen atoms in total. The molecule has 2 aliphatic rings. The Kier molecular flexibility index (Phi) is 6.38. The Morgan fingerprint density at radius 2 is 1.81 bits per heavy atom. The maximum atomic E-state index is 11.9. The molecule has 3 heterocycles. The number of anilines is 2. The summed E-state index contributed by atoms with van der Waals surface area (Å²) in [5, 5.41) is 15.3. The fourth-order valence-electron chi connectivity index (χ4n) is 4.00. The number of nitrogens with one attached hydrogen (secondary N) is 2. The molecule has 0 bridgehead atoms. The van der Waals surface area contributed by atoms with Crippen molar-refractivity contribution in [3.05, 3.63) is 23.8 Å². The summed E-state index contributed by atoms with van der Waals surface area (Å²) in [7, 11) is 0. The Balaban J connectivity index is 1.43. The number of likely N-dealkylation sites (tertiary alicyclic amines) is 1. The molecule has 2 amide bonds. The quantitative estimate of drug-likeness (QED) is 0.632. The highest BCUT2D eigenvalue weighted by Gasteiger charge is 2.30. The van der Waals surface area contributed by atoms with Gasteiger partial charge in [0.1, 0.15) is 0 Å². The molecule has 0 aliphatic carbocycles. The van der Waals surface area contributed by atoms with Crippen molar-refractivity contribution in [1.29, 1.82) is 5.41 Å². The first-order chi connectivity index (χ1) is 15.5. The first kappa shape index (κ1) is 21.8. The number of carbonyl (C=O) groups excluding carboxylic acids is 2. The Morgan fingerprint density at radius 1 is 1.12 bits per heavy atom. The third-order valence-electron chi connectivity index (χ3n) is 5.98. The SMILES string of the molecule is CCC(=O)N1CCN(c2nc(-c3ccc(C=N)c(NC4CN(C(=O)CC)C4)c3)no2)CC1. The van der Waals surface area contributed by atoms with Gasteiger partial charge < -0.3 is 29.9 Å². The maximum absolute atomic E-state index is 11.9. The second kappa shape index (κ2) is 9.37.